The van der Waals surface area contributed by atoms with Gasteiger partial charge >= 0.3 is 0 Å². The lowest BCUT2D eigenvalue weighted by molar-refractivity contribution is -0.384. The number of amides is 1. The van der Waals surface area contributed by atoms with E-state index in [0.29, 0.717) is 5.56 Å². The fourth-order valence-electron chi connectivity index (χ4n) is 4.04. The number of anilines is 1. The average molecular weight is 550 g/mol. The Bertz CT molecular complexity index is 1650. The molecule has 1 heterocycles. The predicted octanol–water partition coefficient (Wildman–Crippen LogP) is 4.49. The van der Waals surface area contributed by atoms with Crippen LogP contribution in [0.2, 0.25) is 0 Å². The van der Waals surface area contributed by atoms with Crippen molar-refractivity contribution in [3.05, 3.63) is 118 Å². The Labute approximate surface area is 224 Å². The maximum absolute atomic E-state index is 13.4. The molecule has 39 heavy (non-hydrogen) atoms. The molecule has 0 bridgehead atoms. The molecule has 200 valence electrons. The molecule has 0 aliphatic carbocycles. The zero-order valence-corrected chi connectivity index (χ0v) is 21.8. The van der Waals surface area contributed by atoms with Gasteiger partial charge in [-0.3, -0.25) is 19.2 Å². The summed E-state index contributed by atoms with van der Waals surface area (Å²) in [7, 11) is -4.24. The van der Waals surface area contributed by atoms with Crippen molar-refractivity contribution in [3.8, 4) is 5.69 Å². The lowest BCUT2D eigenvalue weighted by Gasteiger charge is -2.23. The number of carbonyl (C=O) groups is 1. The summed E-state index contributed by atoms with van der Waals surface area (Å²) in [5.41, 5.74) is 5.05. The summed E-state index contributed by atoms with van der Waals surface area (Å²) in [6.07, 6.45) is 1.42. The minimum absolute atomic E-state index is 0.0463. The van der Waals surface area contributed by atoms with Crippen LogP contribution in [0.1, 0.15) is 17.0 Å². The largest absolute Gasteiger partial charge is 0.318 e. The zero-order chi connectivity index (χ0) is 28.2. The summed E-state index contributed by atoms with van der Waals surface area (Å²) in [4.78, 5) is 23.4. The fourth-order valence-corrected chi connectivity index (χ4v) is 5.48. The van der Waals surface area contributed by atoms with Gasteiger partial charge in [-0.15, -0.1) is 0 Å². The first kappa shape index (κ1) is 27.2. The first-order chi connectivity index (χ1) is 18.6. The average Bonchev–Trinajstić information content (AvgIpc) is 3.20. The van der Waals surface area contributed by atoms with E-state index in [9.17, 15) is 27.7 Å². The second-order valence-electron chi connectivity index (χ2n) is 8.53. The van der Waals surface area contributed by atoms with Gasteiger partial charge in [-0.2, -0.15) is 5.10 Å². The minimum atomic E-state index is -4.24. The Morgan fingerprint density at radius 1 is 1.05 bits per heavy atom. The number of hydrazone groups is 1. The number of carbonyl (C=O) groups excluding carboxylic acids is 1. The lowest BCUT2D eigenvalue weighted by atomic mass is 10.2. The molecular formula is C27H24FN5O5S. The number of nitrogens with one attached hydrogen (secondary N) is 1. The molecule has 0 radical (unpaired) electrons. The minimum Gasteiger partial charge on any atom is -0.318 e. The van der Waals surface area contributed by atoms with Gasteiger partial charge in [0.15, 0.2) is 0 Å². The van der Waals surface area contributed by atoms with E-state index in [-0.39, 0.29) is 22.1 Å². The number of nitrogens with zero attached hydrogens (tertiary/aromatic N) is 4. The van der Waals surface area contributed by atoms with Gasteiger partial charge < -0.3 is 4.57 Å². The molecule has 4 rings (SSSR count). The van der Waals surface area contributed by atoms with Crippen LogP contribution in [0.25, 0.3) is 5.69 Å². The molecule has 0 aliphatic rings. The third-order valence-corrected chi connectivity index (χ3v) is 7.68. The normalized spacial score (nSPS) is 11.5. The number of benzene rings is 3. The molecule has 0 saturated heterocycles. The van der Waals surface area contributed by atoms with Crippen LogP contribution >= 0.6 is 0 Å². The zero-order valence-electron chi connectivity index (χ0n) is 21.0. The first-order valence-corrected chi connectivity index (χ1v) is 13.1. The highest BCUT2D eigenvalue weighted by atomic mass is 32.2. The number of sulfonamides is 1. The second-order valence-corrected chi connectivity index (χ2v) is 10.4. The Kier molecular flexibility index (Phi) is 7.86. The SMILES string of the molecule is Cc1cc(/C=N\NC(=O)CN(c2cccc([N+](=O)[O-])c2)S(=O)(=O)c2ccccc2)c(C)n1-c1ccc(F)cc1. The van der Waals surface area contributed by atoms with Crippen LogP contribution in [0.5, 0.6) is 0 Å². The topological polar surface area (TPSA) is 127 Å². The van der Waals surface area contributed by atoms with Crippen LogP contribution in [0.3, 0.4) is 0 Å². The van der Waals surface area contributed by atoms with Crippen molar-refractivity contribution in [2.24, 2.45) is 5.10 Å². The highest BCUT2D eigenvalue weighted by Crippen LogP contribution is 2.27. The Morgan fingerprint density at radius 2 is 1.74 bits per heavy atom. The quantitative estimate of drug-likeness (QED) is 0.187. The Balaban J connectivity index is 1.57. The molecule has 4 aromatic rings. The summed E-state index contributed by atoms with van der Waals surface area (Å²) in [5.74, 6) is -1.11. The summed E-state index contributed by atoms with van der Waals surface area (Å²) in [5, 5.41) is 15.3. The van der Waals surface area contributed by atoms with Crippen molar-refractivity contribution in [1.82, 2.24) is 9.99 Å². The van der Waals surface area contributed by atoms with E-state index in [0.717, 1.165) is 27.4 Å². The van der Waals surface area contributed by atoms with Gasteiger partial charge in [-0.05, 0) is 62.4 Å². The van der Waals surface area contributed by atoms with Crippen LogP contribution < -0.4 is 9.73 Å². The summed E-state index contributed by atoms with van der Waals surface area (Å²) < 4.78 is 42.8. The number of non-ortho nitro benzene ring substituents is 1. The van der Waals surface area contributed by atoms with Gasteiger partial charge in [0.1, 0.15) is 12.4 Å². The summed E-state index contributed by atoms with van der Waals surface area (Å²) in [6.45, 7) is 3.04. The van der Waals surface area contributed by atoms with Crippen molar-refractivity contribution in [3.63, 3.8) is 0 Å². The molecule has 1 aromatic heterocycles. The predicted molar refractivity (Wildman–Crippen MR) is 145 cm³/mol. The van der Waals surface area contributed by atoms with E-state index in [4.69, 9.17) is 0 Å². The molecule has 0 spiro atoms. The van der Waals surface area contributed by atoms with Gasteiger partial charge in [0.2, 0.25) is 0 Å². The van der Waals surface area contributed by atoms with Crippen molar-refractivity contribution in [2.45, 2.75) is 18.7 Å². The van der Waals surface area contributed by atoms with Crippen LogP contribution in [0, 0.1) is 29.8 Å². The maximum atomic E-state index is 13.4. The monoisotopic (exact) mass is 549 g/mol. The van der Waals surface area contributed by atoms with Crippen LogP contribution in [0.15, 0.2) is 94.9 Å². The van der Waals surface area contributed by atoms with Gasteiger partial charge in [0.25, 0.3) is 21.6 Å². The number of aryl methyl sites for hydroxylation is 1. The first-order valence-electron chi connectivity index (χ1n) is 11.7. The number of hydrogen-bond acceptors (Lipinski definition) is 6. The summed E-state index contributed by atoms with van der Waals surface area (Å²) >= 11 is 0. The van der Waals surface area contributed by atoms with Gasteiger partial charge in [0, 0.05) is 34.8 Å². The number of nitro groups is 1. The molecule has 10 nitrogen and oxygen atoms in total. The molecule has 0 fully saturated rings. The molecule has 1 amide bonds. The van der Waals surface area contributed by atoms with Crippen molar-refractivity contribution in [2.75, 3.05) is 10.8 Å². The van der Waals surface area contributed by atoms with Crippen LogP contribution in [0.4, 0.5) is 15.8 Å². The molecule has 1 N–H and O–H groups in total. The van der Waals surface area contributed by atoms with Crippen LogP contribution in [-0.2, 0) is 14.8 Å². The van der Waals surface area contributed by atoms with Crippen LogP contribution in [-0.4, -0.2) is 36.6 Å². The molecular weight excluding hydrogens is 525 g/mol. The van der Waals surface area contributed by atoms with E-state index >= 15 is 0 Å². The van der Waals surface area contributed by atoms with Crippen molar-refractivity contribution >= 4 is 33.5 Å². The van der Waals surface area contributed by atoms with Crippen molar-refractivity contribution < 1.29 is 22.5 Å². The lowest BCUT2D eigenvalue weighted by Crippen LogP contribution is -2.39. The Morgan fingerprint density at radius 3 is 2.41 bits per heavy atom. The second kappa shape index (κ2) is 11.3. The molecule has 0 aliphatic heterocycles. The highest BCUT2D eigenvalue weighted by Gasteiger charge is 2.28. The number of rotatable bonds is 9. The van der Waals surface area contributed by atoms with E-state index in [2.05, 4.69) is 10.5 Å². The van der Waals surface area contributed by atoms with E-state index in [1.165, 1.54) is 60.8 Å². The highest BCUT2D eigenvalue weighted by molar-refractivity contribution is 7.92. The maximum Gasteiger partial charge on any atom is 0.271 e. The number of aromatic nitrogens is 1. The van der Waals surface area contributed by atoms with E-state index < -0.39 is 27.4 Å². The molecule has 0 unspecified atom stereocenters. The van der Waals surface area contributed by atoms with Gasteiger partial charge in [-0.25, -0.2) is 18.2 Å². The smallest absolute Gasteiger partial charge is 0.271 e. The summed E-state index contributed by atoms with van der Waals surface area (Å²) in [6, 6.07) is 20.3. The fraction of sp³-hybridized carbons (Fsp3) is 0.111. The third kappa shape index (κ3) is 6.02. The third-order valence-electron chi connectivity index (χ3n) is 5.89. The molecule has 12 heteroatoms. The van der Waals surface area contributed by atoms with Crippen molar-refractivity contribution in [1.29, 1.82) is 0 Å². The standard InChI is InChI=1S/C27H24FN5O5S/c1-19-15-21(20(2)32(19)23-13-11-22(28)12-14-23)17-29-30-27(34)18-31(24-7-6-8-25(16-24)33(35)36)39(37,38)26-9-4-3-5-10-26/h3-17H,18H2,1-2H3,(H,30,34)/b29-17-. The number of hydrogen-bond donors (Lipinski definition) is 1. The Hall–Kier alpha value is -4.84. The van der Waals surface area contributed by atoms with Gasteiger partial charge in [-0.1, -0.05) is 24.3 Å². The van der Waals surface area contributed by atoms with E-state index in [1.54, 1.807) is 18.2 Å². The number of nitro benzene ring substituents is 1. The van der Waals surface area contributed by atoms with Gasteiger partial charge in [0.05, 0.1) is 21.7 Å². The van der Waals surface area contributed by atoms with E-state index in [1.807, 2.05) is 24.5 Å². The molecule has 3 aromatic carbocycles. The number of halogens is 1. The molecule has 0 atom stereocenters. The molecule has 0 saturated carbocycles.